The van der Waals surface area contributed by atoms with E-state index >= 15 is 0 Å². The lowest BCUT2D eigenvalue weighted by molar-refractivity contribution is -0.141. The normalized spacial score (nSPS) is 17.4. The van der Waals surface area contributed by atoms with Gasteiger partial charge in [0.15, 0.2) is 0 Å². The lowest BCUT2D eigenvalue weighted by Gasteiger charge is -2.41. The number of hydrogen-bond acceptors (Lipinski definition) is 3. The first-order valence-electron chi connectivity index (χ1n) is 8.64. The summed E-state index contributed by atoms with van der Waals surface area (Å²) in [6, 6.07) is 13.7. The van der Waals surface area contributed by atoms with E-state index in [4.69, 9.17) is 0 Å². The fourth-order valence-corrected chi connectivity index (χ4v) is 3.30. The Morgan fingerprint density at radius 3 is 2.60 bits per heavy atom. The van der Waals surface area contributed by atoms with Crippen LogP contribution < -0.4 is 0 Å². The molecule has 2 heterocycles. The van der Waals surface area contributed by atoms with Gasteiger partial charge in [0.25, 0.3) is 0 Å². The van der Waals surface area contributed by atoms with Crippen molar-refractivity contribution in [2.75, 3.05) is 19.6 Å². The highest BCUT2D eigenvalue weighted by Crippen LogP contribution is 2.26. The molecule has 1 saturated heterocycles. The van der Waals surface area contributed by atoms with Gasteiger partial charge in [-0.15, -0.1) is 0 Å². The summed E-state index contributed by atoms with van der Waals surface area (Å²) in [6.45, 7) is 3.31. The molecule has 0 saturated carbocycles. The highest BCUT2D eigenvalue weighted by Gasteiger charge is 2.31. The van der Waals surface area contributed by atoms with E-state index in [9.17, 15) is 9.59 Å². The van der Waals surface area contributed by atoms with Gasteiger partial charge in [0, 0.05) is 45.4 Å². The lowest BCUT2D eigenvalue weighted by atomic mass is 10.0. The van der Waals surface area contributed by atoms with Crippen LogP contribution in [0.15, 0.2) is 54.9 Å². The van der Waals surface area contributed by atoms with Crippen LogP contribution >= 0.6 is 0 Å². The zero-order chi connectivity index (χ0) is 17.6. The Kier molecular flexibility index (Phi) is 5.43. The van der Waals surface area contributed by atoms with Crippen LogP contribution in [0.4, 0.5) is 0 Å². The predicted molar refractivity (Wildman–Crippen MR) is 95.7 cm³/mol. The minimum Gasteiger partial charge on any atom is -0.338 e. The summed E-state index contributed by atoms with van der Waals surface area (Å²) >= 11 is 0. The summed E-state index contributed by atoms with van der Waals surface area (Å²) in [6.07, 6.45) is 4.69. The van der Waals surface area contributed by atoms with Crippen LogP contribution in [-0.2, 0) is 16.0 Å². The number of piperazine rings is 1. The maximum absolute atomic E-state index is 12.6. The molecule has 25 heavy (non-hydrogen) atoms. The van der Waals surface area contributed by atoms with Crippen molar-refractivity contribution in [2.24, 2.45) is 0 Å². The van der Waals surface area contributed by atoms with E-state index in [0.29, 0.717) is 32.5 Å². The molecule has 1 fully saturated rings. The maximum atomic E-state index is 12.6. The number of aryl methyl sites for hydroxylation is 1. The first kappa shape index (κ1) is 17.1. The molecule has 0 aliphatic carbocycles. The lowest BCUT2D eigenvalue weighted by Crippen LogP contribution is -2.51. The van der Waals surface area contributed by atoms with Crippen LogP contribution in [0, 0.1) is 0 Å². The van der Waals surface area contributed by atoms with Crippen molar-refractivity contribution in [2.45, 2.75) is 25.8 Å². The second-order valence-corrected chi connectivity index (χ2v) is 6.34. The predicted octanol–water partition coefficient (Wildman–Crippen LogP) is 2.45. The molecule has 130 valence electrons. The maximum Gasteiger partial charge on any atom is 0.223 e. The van der Waals surface area contributed by atoms with E-state index in [2.05, 4.69) is 4.98 Å². The van der Waals surface area contributed by atoms with Gasteiger partial charge in [0.1, 0.15) is 0 Å². The molecule has 1 aromatic carbocycles. The van der Waals surface area contributed by atoms with E-state index < -0.39 is 0 Å². The van der Waals surface area contributed by atoms with Gasteiger partial charge in [0.2, 0.25) is 11.8 Å². The first-order valence-corrected chi connectivity index (χ1v) is 8.64. The Labute approximate surface area is 148 Å². The standard InChI is InChI=1S/C20H23N3O2/c1-16(24)23-13-12-22(15-19(23)18-7-3-2-4-8-18)20(25)10-9-17-6-5-11-21-14-17/h2-8,11,14,19H,9-10,12-13,15H2,1H3. The number of aromatic nitrogens is 1. The van der Waals surface area contributed by atoms with Crippen molar-refractivity contribution >= 4 is 11.8 Å². The Morgan fingerprint density at radius 1 is 1.12 bits per heavy atom. The molecule has 5 nitrogen and oxygen atoms in total. The van der Waals surface area contributed by atoms with Crippen LogP contribution in [0.1, 0.15) is 30.5 Å². The monoisotopic (exact) mass is 337 g/mol. The van der Waals surface area contributed by atoms with E-state index in [0.717, 1.165) is 11.1 Å². The molecule has 5 heteroatoms. The number of carbonyl (C=O) groups is 2. The highest BCUT2D eigenvalue weighted by atomic mass is 16.2. The Morgan fingerprint density at radius 2 is 1.92 bits per heavy atom. The molecular formula is C20H23N3O2. The average molecular weight is 337 g/mol. The molecule has 1 aliphatic heterocycles. The molecular weight excluding hydrogens is 314 g/mol. The van der Waals surface area contributed by atoms with E-state index in [1.807, 2.05) is 52.3 Å². The summed E-state index contributed by atoms with van der Waals surface area (Å²) in [4.78, 5) is 32.4. The minimum absolute atomic E-state index is 0.0521. The van der Waals surface area contributed by atoms with Crippen molar-refractivity contribution in [3.05, 3.63) is 66.0 Å². The number of carbonyl (C=O) groups excluding carboxylic acids is 2. The van der Waals surface area contributed by atoms with Crippen molar-refractivity contribution in [1.29, 1.82) is 0 Å². The number of hydrogen-bond donors (Lipinski definition) is 0. The van der Waals surface area contributed by atoms with Crippen LogP contribution in [0.3, 0.4) is 0 Å². The highest BCUT2D eigenvalue weighted by molar-refractivity contribution is 5.78. The molecule has 3 rings (SSSR count). The summed E-state index contributed by atoms with van der Waals surface area (Å²) in [5.74, 6) is 0.185. The van der Waals surface area contributed by atoms with E-state index in [-0.39, 0.29) is 17.9 Å². The third-order valence-corrected chi connectivity index (χ3v) is 4.67. The summed E-state index contributed by atoms with van der Waals surface area (Å²) < 4.78 is 0. The number of amides is 2. The molecule has 1 atom stereocenters. The van der Waals surface area contributed by atoms with Crippen molar-refractivity contribution in [1.82, 2.24) is 14.8 Å². The Bertz CT molecular complexity index is 718. The van der Waals surface area contributed by atoms with E-state index in [1.165, 1.54) is 0 Å². The number of benzene rings is 1. The van der Waals surface area contributed by atoms with Gasteiger partial charge in [-0.3, -0.25) is 14.6 Å². The van der Waals surface area contributed by atoms with Crippen molar-refractivity contribution in [3.8, 4) is 0 Å². The molecule has 0 bridgehead atoms. The third kappa shape index (κ3) is 4.24. The van der Waals surface area contributed by atoms with Crippen LogP contribution in [-0.4, -0.2) is 46.2 Å². The van der Waals surface area contributed by atoms with E-state index in [1.54, 1.807) is 19.3 Å². The second kappa shape index (κ2) is 7.92. The zero-order valence-corrected chi connectivity index (χ0v) is 14.5. The molecule has 1 aliphatic rings. The summed E-state index contributed by atoms with van der Waals surface area (Å²) in [5, 5.41) is 0. The topological polar surface area (TPSA) is 53.5 Å². The Hall–Kier alpha value is -2.69. The van der Waals surface area contributed by atoms with Crippen LogP contribution in [0.5, 0.6) is 0 Å². The van der Waals surface area contributed by atoms with Gasteiger partial charge in [-0.2, -0.15) is 0 Å². The first-order chi connectivity index (χ1) is 12.1. The second-order valence-electron chi connectivity index (χ2n) is 6.34. The average Bonchev–Trinajstić information content (AvgIpc) is 2.67. The van der Waals surface area contributed by atoms with Gasteiger partial charge >= 0.3 is 0 Å². The fourth-order valence-electron chi connectivity index (χ4n) is 3.30. The SMILES string of the molecule is CC(=O)N1CCN(C(=O)CCc2cccnc2)CC1c1ccccc1. The largest absolute Gasteiger partial charge is 0.338 e. The quantitative estimate of drug-likeness (QED) is 0.861. The van der Waals surface area contributed by atoms with Gasteiger partial charge < -0.3 is 9.80 Å². The number of rotatable bonds is 4. The molecule has 0 radical (unpaired) electrons. The molecule has 1 aromatic heterocycles. The number of pyridine rings is 1. The molecule has 0 spiro atoms. The Balaban J connectivity index is 1.67. The van der Waals surface area contributed by atoms with Gasteiger partial charge in [-0.05, 0) is 23.6 Å². The molecule has 1 unspecified atom stereocenters. The zero-order valence-electron chi connectivity index (χ0n) is 14.5. The molecule has 2 amide bonds. The van der Waals surface area contributed by atoms with Gasteiger partial charge in [0.05, 0.1) is 6.04 Å². The van der Waals surface area contributed by atoms with Crippen molar-refractivity contribution < 1.29 is 9.59 Å². The van der Waals surface area contributed by atoms with Crippen LogP contribution in [0.25, 0.3) is 0 Å². The third-order valence-electron chi connectivity index (χ3n) is 4.67. The van der Waals surface area contributed by atoms with Gasteiger partial charge in [-0.25, -0.2) is 0 Å². The summed E-state index contributed by atoms with van der Waals surface area (Å²) in [5.41, 5.74) is 2.14. The number of nitrogens with zero attached hydrogens (tertiary/aromatic N) is 3. The van der Waals surface area contributed by atoms with Crippen molar-refractivity contribution in [3.63, 3.8) is 0 Å². The smallest absolute Gasteiger partial charge is 0.223 e. The summed E-state index contributed by atoms with van der Waals surface area (Å²) in [7, 11) is 0. The van der Waals surface area contributed by atoms with Crippen LogP contribution in [0.2, 0.25) is 0 Å². The minimum atomic E-state index is -0.0743. The van der Waals surface area contributed by atoms with Gasteiger partial charge in [-0.1, -0.05) is 36.4 Å². The molecule has 2 aromatic rings. The fraction of sp³-hybridized carbons (Fsp3) is 0.350. The molecule has 0 N–H and O–H groups in total.